The van der Waals surface area contributed by atoms with Gasteiger partial charge in [0, 0.05) is 6.42 Å². The number of hydrogen-bond acceptors (Lipinski definition) is 4. The average molecular weight is 204 g/mol. The minimum Gasteiger partial charge on any atom is -1.00 e. The van der Waals surface area contributed by atoms with E-state index in [9.17, 15) is 13.2 Å². The van der Waals surface area contributed by atoms with Crippen molar-refractivity contribution < 1.29 is 42.8 Å². The number of carbonyl (C=O) groups is 1. The van der Waals surface area contributed by atoms with Gasteiger partial charge in [-0.1, -0.05) is 0 Å². The van der Waals surface area contributed by atoms with Crippen molar-refractivity contribution in [1.29, 1.82) is 0 Å². The molecule has 0 atom stereocenters. The molecule has 0 aromatic heterocycles. The standard InChI is InChI=1S/C6H12O5S.Li.H/c1-2-11-6(7)4-3-5-12(8,9)10;;/h2-5H2,1H3,(H,8,9,10);;/q;+1;-1. The fraction of sp³-hybridized carbons (Fsp3) is 0.833. The molecule has 0 spiro atoms. The maximum Gasteiger partial charge on any atom is 1.00 e. The minimum atomic E-state index is -3.94. The van der Waals surface area contributed by atoms with Crippen molar-refractivity contribution in [3.63, 3.8) is 0 Å². The Morgan fingerprint density at radius 2 is 2.08 bits per heavy atom. The van der Waals surface area contributed by atoms with Crippen LogP contribution in [0.5, 0.6) is 0 Å². The molecule has 0 bridgehead atoms. The Kier molecular flexibility index (Phi) is 8.78. The second-order valence-corrected chi connectivity index (χ2v) is 3.77. The van der Waals surface area contributed by atoms with Crippen molar-refractivity contribution in [2.45, 2.75) is 19.8 Å². The predicted molar refractivity (Wildman–Crippen MR) is 43.4 cm³/mol. The van der Waals surface area contributed by atoms with Gasteiger partial charge in [0.1, 0.15) is 0 Å². The summed E-state index contributed by atoms with van der Waals surface area (Å²) in [5.74, 6) is -0.840. The van der Waals surface area contributed by atoms with E-state index in [-0.39, 0.29) is 39.7 Å². The maximum atomic E-state index is 10.6. The molecule has 0 aromatic carbocycles. The molecular weight excluding hydrogens is 191 g/mol. The topological polar surface area (TPSA) is 80.7 Å². The van der Waals surface area contributed by atoms with E-state index in [0.29, 0.717) is 0 Å². The van der Waals surface area contributed by atoms with E-state index in [1.807, 2.05) is 0 Å². The van der Waals surface area contributed by atoms with Crippen molar-refractivity contribution in [3.05, 3.63) is 0 Å². The minimum absolute atomic E-state index is 0. The third kappa shape index (κ3) is 12.0. The van der Waals surface area contributed by atoms with Crippen LogP contribution in [0.25, 0.3) is 0 Å². The molecule has 0 fully saturated rings. The summed E-state index contributed by atoms with van der Waals surface area (Å²) in [6.07, 6.45) is 0.116. The van der Waals surface area contributed by atoms with Gasteiger partial charge in [0.2, 0.25) is 0 Å². The molecule has 0 rings (SSSR count). The van der Waals surface area contributed by atoms with Crippen molar-refractivity contribution in [3.8, 4) is 0 Å². The first-order chi connectivity index (χ1) is 5.45. The Morgan fingerprint density at radius 1 is 1.54 bits per heavy atom. The smallest absolute Gasteiger partial charge is 1.00 e. The normalized spacial score (nSPS) is 10.3. The molecule has 0 radical (unpaired) electrons. The zero-order chi connectivity index (χ0) is 9.61. The predicted octanol–water partition coefficient (Wildman–Crippen LogP) is -2.67. The molecule has 0 aliphatic carbocycles. The molecule has 0 aliphatic heterocycles. The summed E-state index contributed by atoms with van der Waals surface area (Å²) in [7, 11) is -3.94. The molecule has 0 saturated carbocycles. The van der Waals surface area contributed by atoms with Crippen LogP contribution in [0.3, 0.4) is 0 Å². The van der Waals surface area contributed by atoms with Crippen molar-refractivity contribution >= 4 is 16.1 Å². The van der Waals surface area contributed by atoms with Crippen molar-refractivity contribution in [1.82, 2.24) is 0 Å². The zero-order valence-corrected chi connectivity index (χ0v) is 8.63. The van der Waals surface area contributed by atoms with Crippen LogP contribution < -0.4 is 18.9 Å². The molecule has 0 aliphatic rings. The van der Waals surface area contributed by atoms with Crippen LogP contribution in [-0.4, -0.2) is 31.3 Å². The maximum absolute atomic E-state index is 10.6. The van der Waals surface area contributed by atoms with Gasteiger partial charge in [-0.15, -0.1) is 0 Å². The summed E-state index contributed by atoms with van der Waals surface area (Å²) >= 11 is 0. The van der Waals surface area contributed by atoms with Gasteiger partial charge in [-0.25, -0.2) is 0 Å². The Hall–Kier alpha value is -0.0226. The van der Waals surface area contributed by atoms with E-state index < -0.39 is 21.8 Å². The van der Waals surface area contributed by atoms with Gasteiger partial charge in [-0.2, -0.15) is 8.42 Å². The molecule has 0 aromatic rings. The molecule has 74 valence electrons. The number of carbonyl (C=O) groups excluding carboxylic acids is 1. The van der Waals surface area contributed by atoms with Gasteiger partial charge in [0.25, 0.3) is 10.1 Å². The number of esters is 1. The van der Waals surface area contributed by atoms with Crippen LogP contribution in [-0.2, 0) is 19.6 Å². The van der Waals surface area contributed by atoms with E-state index >= 15 is 0 Å². The number of rotatable bonds is 5. The molecule has 5 nitrogen and oxygen atoms in total. The molecule has 0 amide bonds. The van der Waals surface area contributed by atoms with Gasteiger partial charge >= 0.3 is 24.8 Å². The summed E-state index contributed by atoms with van der Waals surface area (Å²) in [5.41, 5.74) is 0. The fourth-order valence-corrected chi connectivity index (χ4v) is 1.14. The Bertz CT molecular complexity index is 241. The van der Waals surface area contributed by atoms with E-state index in [1.165, 1.54) is 0 Å². The van der Waals surface area contributed by atoms with E-state index in [1.54, 1.807) is 6.92 Å². The first-order valence-corrected chi connectivity index (χ1v) is 5.17. The van der Waals surface area contributed by atoms with E-state index in [2.05, 4.69) is 4.74 Å². The molecule has 0 unspecified atom stereocenters. The second kappa shape index (κ2) is 7.39. The first kappa shape index (κ1) is 15.4. The van der Waals surface area contributed by atoms with E-state index in [0.717, 1.165) is 0 Å². The average Bonchev–Trinajstić information content (AvgIpc) is 1.84. The quantitative estimate of drug-likeness (QED) is 0.300. The third-order valence-electron chi connectivity index (χ3n) is 1.09. The monoisotopic (exact) mass is 204 g/mol. The fourth-order valence-electron chi connectivity index (χ4n) is 0.632. The number of ether oxygens (including phenoxy) is 1. The van der Waals surface area contributed by atoms with Crippen molar-refractivity contribution in [2.24, 2.45) is 0 Å². The SMILES string of the molecule is CCOC(=O)CCCS(=O)(=O)O.[H-].[Li+]. The first-order valence-electron chi connectivity index (χ1n) is 3.56. The molecule has 0 saturated heterocycles. The summed E-state index contributed by atoms with van der Waals surface area (Å²) in [6, 6.07) is 0. The molecular formula is C6H13LiO5S. The van der Waals surface area contributed by atoms with Gasteiger partial charge in [-0.05, 0) is 13.3 Å². The van der Waals surface area contributed by atoms with Crippen LogP contribution in [0.4, 0.5) is 0 Å². The van der Waals surface area contributed by atoms with Crippen LogP contribution in [0.1, 0.15) is 21.2 Å². The second-order valence-electron chi connectivity index (χ2n) is 2.19. The Balaban J connectivity index is -0.000000605. The van der Waals surface area contributed by atoms with Gasteiger partial charge < -0.3 is 6.16 Å². The van der Waals surface area contributed by atoms with Crippen LogP contribution in [0.2, 0.25) is 0 Å². The molecule has 13 heavy (non-hydrogen) atoms. The van der Waals surface area contributed by atoms with Crippen LogP contribution in [0.15, 0.2) is 0 Å². The Labute approximate surface area is 91.3 Å². The molecule has 7 heteroatoms. The largest absolute Gasteiger partial charge is 1.00 e. The number of hydrogen-bond donors (Lipinski definition) is 1. The third-order valence-corrected chi connectivity index (χ3v) is 1.89. The summed E-state index contributed by atoms with van der Waals surface area (Å²) in [4.78, 5) is 10.6. The van der Waals surface area contributed by atoms with Crippen LogP contribution >= 0.6 is 0 Å². The Morgan fingerprint density at radius 3 is 2.46 bits per heavy atom. The van der Waals surface area contributed by atoms with Gasteiger partial charge in [-0.3, -0.25) is 9.35 Å². The van der Waals surface area contributed by atoms with Gasteiger partial charge in [0.15, 0.2) is 0 Å². The zero-order valence-electron chi connectivity index (χ0n) is 8.82. The van der Waals surface area contributed by atoms with Crippen LogP contribution in [0, 0.1) is 0 Å². The van der Waals surface area contributed by atoms with Crippen molar-refractivity contribution in [2.75, 3.05) is 12.4 Å². The van der Waals surface area contributed by atoms with Gasteiger partial charge in [0.05, 0.1) is 12.4 Å². The summed E-state index contributed by atoms with van der Waals surface area (Å²) in [5, 5.41) is 0. The van der Waals surface area contributed by atoms with E-state index in [4.69, 9.17) is 4.55 Å². The summed E-state index contributed by atoms with van der Waals surface area (Å²) < 4.78 is 33.2. The molecule has 0 heterocycles. The molecule has 1 N–H and O–H groups in total. The summed E-state index contributed by atoms with van der Waals surface area (Å²) in [6.45, 7) is 1.95.